The summed E-state index contributed by atoms with van der Waals surface area (Å²) in [5, 5.41) is 3.07. The third kappa shape index (κ3) is 2.17. The monoisotopic (exact) mass is 333 g/mol. The highest BCUT2D eigenvalue weighted by molar-refractivity contribution is 5.94. The van der Waals surface area contributed by atoms with Crippen LogP contribution in [0.1, 0.15) is 31.1 Å². The van der Waals surface area contributed by atoms with Crippen molar-refractivity contribution < 1.29 is 4.74 Å². The number of rotatable bonds is 1. The van der Waals surface area contributed by atoms with Crippen LogP contribution in [0.25, 0.3) is 11.0 Å². The standard InChI is InChI=1S/C19H19N5O/c1-19(2)10-12-9-11(7-8-15(12)25-19)16-22-17(20)23-18-21-13-5-3-4-6-14(13)24(16)18/h3-9,16H,10H2,1-2H3,(H3,20,21,22,23)/t16-/m0/s1. The van der Waals surface area contributed by atoms with Crippen LogP contribution in [0.2, 0.25) is 0 Å². The summed E-state index contributed by atoms with van der Waals surface area (Å²) in [6.07, 6.45) is 0.649. The maximum Gasteiger partial charge on any atom is 0.212 e. The average molecular weight is 333 g/mol. The highest BCUT2D eigenvalue weighted by Gasteiger charge is 2.32. The van der Waals surface area contributed by atoms with Crippen LogP contribution in [0.5, 0.6) is 5.75 Å². The Kier molecular flexibility index (Phi) is 2.72. The third-order valence-electron chi connectivity index (χ3n) is 4.73. The fraction of sp³-hybridized carbons (Fsp3) is 0.263. The molecule has 3 heterocycles. The van der Waals surface area contributed by atoms with Crippen molar-refractivity contribution in [2.24, 2.45) is 10.7 Å². The van der Waals surface area contributed by atoms with E-state index in [2.05, 4.69) is 51.9 Å². The Morgan fingerprint density at radius 2 is 2.08 bits per heavy atom. The van der Waals surface area contributed by atoms with Gasteiger partial charge in [-0.1, -0.05) is 18.2 Å². The first-order valence-electron chi connectivity index (χ1n) is 8.39. The Bertz CT molecular complexity index is 1030. The van der Waals surface area contributed by atoms with Gasteiger partial charge in [0.05, 0.1) is 11.0 Å². The van der Waals surface area contributed by atoms with E-state index >= 15 is 0 Å². The number of fused-ring (bicyclic) bond motifs is 4. The molecule has 0 fully saturated rings. The fourth-order valence-electron chi connectivity index (χ4n) is 3.73. The summed E-state index contributed by atoms with van der Waals surface area (Å²) in [5.74, 6) is 2.05. The van der Waals surface area contributed by atoms with E-state index < -0.39 is 0 Å². The quantitative estimate of drug-likeness (QED) is 0.717. The zero-order valence-corrected chi connectivity index (χ0v) is 14.2. The van der Waals surface area contributed by atoms with Gasteiger partial charge in [-0.25, -0.2) is 9.98 Å². The zero-order chi connectivity index (χ0) is 17.2. The molecule has 126 valence electrons. The van der Waals surface area contributed by atoms with Gasteiger partial charge in [-0.05, 0) is 49.2 Å². The number of imidazole rings is 1. The summed E-state index contributed by atoms with van der Waals surface area (Å²) >= 11 is 0. The Morgan fingerprint density at radius 1 is 1.24 bits per heavy atom. The lowest BCUT2D eigenvalue weighted by atomic mass is 9.99. The molecule has 0 unspecified atom stereocenters. The van der Waals surface area contributed by atoms with Crippen molar-refractivity contribution in [3.63, 3.8) is 0 Å². The first-order chi connectivity index (χ1) is 12.0. The lowest BCUT2D eigenvalue weighted by Crippen LogP contribution is -2.31. The van der Waals surface area contributed by atoms with E-state index in [1.807, 2.05) is 24.3 Å². The highest BCUT2D eigenvalue weighted by atomic mass is 16.5. The van der Waals surface area contributed by atoms with E-state index in [1.54, 1.807) is 0 Å². The van der Waals surface area contributed by atoms with Gasteiger partial charge in [0.2, 0.25) is 5.95 Å². The summed E-state index contributed by atoms with van der Waals surface area (Å²) in [6, 6.07) is 14.3. The predicted octanol–water partition coefficient (Wildman–Crippen LogP) is 3.04. The van der Waals surface area contributed by atoms with Crippen LogP contribution in [-0.4, -0.2) is 21.1 Å². The van der Waals surface area contributed by atoms with Crippen LogP contribution in [0.4, 0.5) is 5.95 Å². The first-order valence-corrected chi connectivity index (χ1v) is 8.39. The molecule has 0 saturated carbocycles. The molecule has 6 nitrogen and oxygen atoms in total. The smallest absolute Gasteiger partial charge is 0.212 e. The molecular formula is C19H19N5O. The number of para-hydroxylation sites is 2. The normalized spacial score (nSPS) is 20.4. The summed E-state index contributed by atoms with van der Waals surface area (Å²) in [7, 11) is 0. The second-order valence-electron chi connectivity index (χ2n) is 7.21. The van der Waals surface area contributed by atoms with E-state index in [9.17, 15) is 0 Å². The van der Waals surface area contributed by atoms with E-state index in [0.717, 1.165) is 34.7 Å². The van der Waals surface area contributed by atoms with Crippen molar-refractivity contribution in [3.05, 3.63) is 53.6 Å². The minimum atomic E-state index is -0.238. The summed E-state index contributed by atoms with van der Waals surface area (Å²) in [5.41, 5.74) is 10.1. The zero-order valence-electron chi connectivity index (χ0n) is 14.2. The van der Waals surface area contributed by atoms with Gasteiger partial charge in [0.1, 0.15) is 11.4 Å². The molecule has 1 aromatic heterocycles. The molecule has 3 N–H and O–H groups in total. The number of nitrogens with one attached hydrogen (secondary N) is 1. The van der Waals surface area contributed by atoms with Gasteiger partial charge in [-0.2, -0.15) is 0 Å². The molecule has 0 aliphatic carbocycles. The Labute approximate surface area is 145 Å². The number of nitrogens with two attached hydrogens (primary N) is 1. The lowest BCUT2D eigenvalue weighted by Gasteiger charge is -2.24. The molecule has 0 spiro atoms. The van der Waals surface area contributed by atoms with Gasteiger partial charge >= 0.3 is 0 Å². The van der Waals surface area contributed by atoms with Crippen molar-refractivity contribution in [2.75, 3.05) is 5.32 Å². The van der Waals surface area contributed by atoms with Crippen LogP contribution >= 0.6 is 0 Å². The molecule has 0 radical (unpaired) electrons. The minimum absolute atomic E-state index is 0.162. The number of ether oxygens (including phenoxy) is 1. The molecule has 25 heavy (non-hydrogen) atoms. The number of aromatic nitrogens is 2. The summed E-state index contributed by atoms with van der Waals surface area (Å²) < 4.78 is 8.08. The van der Waals surface area contributed by atoms with E-state index in [-0.39, 0.29) is 11.8 Å². The van der Waals surface area contributed by atoms with Gasteiger partial charge in [-0.15, -0.1) is 0 Å². The maximum absolute atomic E-state index is 6.02. The van der Waals surface area contributed by atoms with Gasteiger partial charge in [-0.3, -0.25) is 9.88 Å². The summed E-state index contributed by atoms with van der Waals surface area (Å²) in [6.45, 7) is 4.21. The van der Waals surface area contributed by atoms with Crippen LogP contribution in [0.15, 0.2) is 47.5 Å². The van der Waals surface area contributed by atoms with Crippen LogP contribution in [0.3, 0.4) is 0 Å². The molecule has 0 bridgehead atoms. The van der Waals surface area contributed by atoms with Crippen molar-refractivity contribution in [3.8, 4) is 5.75 Å². The molecule has 6 heteroatoms. The number of hydrogen-bond donors (Lipinski definition) is 2. The molecule has 0 saturated heterocycles. The molecule has 2 aliphatic rings. The molecule has 5 rings (SSSR count). The van der Waals surface area contributed by atoms with E-state index in [0.29, 0.717) is 5.96 Å². The number of benzene rings is 2. The molecule has 2 aliphatic heterocycles. The largest absolute Gasteiger partial charge is 0.487 e. The topological polar surface area (TPSA) is 77.5 Å². The van der Waals surface area contributed by atoms with Crippen LogP contribution in [0, 0.1) is 0 Å². The predicted molar refractivity (Wildman–Crippen MR) is 98.0 cm³/mol. The van der Waals surface area contributed by atoms with Gasteiger partial charge < -0.3 is 10.5 Å². The Morgan fingerprint density at radius 3 is 2.96 bits per heavy atom. The second kappa shape index (κ2) is 4.75. The second-order valence-corrected chi connectivity index (χ2v) is 7.21. The molecule has 3 aromatic rings. The van der Waals surface area contributed by atoms with Gasteiger partial charge in [0.25, 0.3) is 0 Å². The molecule has 0 amide bonds. The Balaban J connectivity index is 1.67. The van der Waals surface area contributed by atoms with Gasteiger partial charge in [0, 0.05) is 6.42 Å². The van der Waals surface area contributed by atoms with E-state index in [4.69, 9.17) is 10.5 Å². The van der Waals surface area contributed by atoms with Gasteiger partial charge in [0.15, 0.2) is 12.1 Å². The molecule has 2 aromatic carbocycles. The fourth-order valence-corrected chi connectivity index (χ4v) is 3.73. The number of nitrogens with zero attached hydrogens (tertiary/aromatic N) is 3. The number of hydrogen-bond acceptors (Lipinski definition) is 5. The SMILES string of the molecule is CC1(C)Cc2cc([C@H]3N=C(N)Nc4nc5ccccc5n43)ccc2O1. The van der Waals surface area contributed by atoms with Crippen molar-refractivity contribution in [1.82, 2.24) is 9.55 Å². The molecular weight excluding hydrogens is 314 g/mol. The number of guanidine groups is 1. The third-order valence-corrected chi connectivity index (χ3v) is 4.73. The first kappa shape index (κ1) is 14.3. The Hall–Kier alpha value is -3.02. The minimum Gasteiger partial charge on any atom is -0.487 e. The van der Waals surface area contributed by atoms with Crippen molar-refractivity contribution in [2.45, 2.75) is 32.0 Å². The molecule has 1 atom stereocenters. The van der Waals surface area contributed by atoms with Crippen LogP contribution in [-0.2, 0) is 6.42 Å². The summed E-state index contributed by atoms with van der Waals surface area (Å²) in [4.78, 5) is 9.28. The maximum atomic E-state index is 6.02. The number of aliphatic imine (C=N–C) groups is 1. The lowest BCUT2D eigenvalue weighted by molar-refractivity contribution is 0.138. The van der Waals surface area contributed by atoms with Crippen molar-refractivity contribution in [1.29, 1.82) is 0 Å². The highest BCUT2D eigenvalue weighted by Crippen LogP contribution is 2.38. The van der Waals surface area contributed by atoms with Crippen LogP contribution < -0.4 is 15.8 Å². The average Bonchev–Trinajstić information content (AvgIpc) is 3.08. The van der Waals surface area contributed by atoms with Crippen molar-refractivity contribution >= 4 is 22.9 Å². The number of anilines is 1. The van der Waals surface area contributed by atoms with E-state index in [1.165, 1.54) is 5.56 Å².